The Morgan fingerprint density at radius 3 is 2.51 bits per heavy atom. The summed E-state index contributed by atoms with van der Waals surface area (Å²) >= 11 is 0. The van der Waals surface area contributed by atoms with Crippen LogP contribution in [-0.4, -0.2) is 74.2 Å². The Morgan fingerprint density at radius 1 is 1.00 bits per heavy atom. The van der Waals surface area contributed by atoms with Crippen LogP contribution in [0.15, 0.2) is 48.7 Å². The molecule has 2 fully saturated rings. The summed E-state index contributed by atoms with van der Waals surface area (Å²) in [6.45, 7) is 4.07. The summed E-state index contributed by atoms with van der Waals surface area (Å²) in [6, 6.07) is 14.3. The maximum Gasteiger partial charge on any atom is 0.260 e. The quantitative estimate of drug-likeness (QED) is 0.558. The van der Waals surface area contributed by atoms with Crippen LogP contribution in [0.4, 0.5) is 34.5 Å². The molecule has 2 aromatic carbocycles. The lowest BCUT2D eigenvalue weighted by molar-refractivity contribution is 0.0994. The molecule has 1 aromatic heterocycles. The van der Waals surface area contributed by atoms with Gasteiger partial charge in [-0.3, -0.25) is 4.79 Å². The van der Waals surface area contributed by atoms with E-state index in [1.165, 1.54) is 6.42 Å². The first-order valence-electron chi connectivity index (χ1n) is 13.0. The third-order valence-electron chi connectivity index (χ3n) is 7.78. The average molecular weight is 500 g/mol. The molecule has 1 saturated carbocycles. The monoisotopic (exact) mass is 499 g/mol. The van der Waals surface area contributed by atoms with Gasteiger partial charge in [-0.25, -0.2) is 4.98 Å². The summed E-state index contributed by atoms with van der Waals surface area (Å²) in [7, 11) is 5.63. The van der Waals surface area contributed by atoms with Gasteiger partial charge in [0, 0.05) is 51.0 Å². The van der Waals surface area contributed by atoms with Crippen molar-refractivity contribution in [2.24, 2.45) is 0 Å². The van der Waals surface area contributed by atoms with Gasteiger partial charge in [-0.05, 0) is 50.6 Å². The number of hydrogen-bond donors (Lipinski definition) is 1. The molecule has 1 amide bonds. The van der Waals surface area contributed by atoms with Crippen molar-refractivity contribution in [1.29, 1.82) is 0 Å². The lowest BCUT2D eigenvalue weighted by Crippen LogP contribution is -2.44. The molecule has 0 unspecified atom stereocenters. The lowest BCUT2D eigenvalue weighted by atomic mass is 9.90. The van der Waals surface area contributed by atoms with E-state index < -0.39 is 0 Å². The molecule has 9 heteroatoms. The van der Waals surface area contributed by atoms with Crippen molar-refractivity contribution in [1.82, 2.24) is 14.9 Å². The molecule has 3 heterocycles. The molecule has 192 valence electrons. The first-order valence-corrected chi connectivity index (χ1v) is 13.0. The Labute approximate surface area is 217 Å². The number of ether oxygens (including phenoxy) is 1. The minimum absolute atomic E-state index is 0.0517. The van der Waals surface area contributed by atoms with E-state index in [2.05, 4.69) is 44.2 Å². The summed E-state index contributed by atoms with van der Waals surface area (Å²) < 4.78 is 5.75. The van der Waals surface area contributed by atoms with Crippen molar-refractivity contribution < 1.29 is 9.53 Å². The highest BCUT2D eigenvalue weighted by atomic mass is 16.5. The first kappa shape index (κ1) is 23.5. The standard InChI is InChI=1S/C28H33N7O2/c1-32-13-15-34(16-14-32)20-11-12-22(25(17-20)37-3)30-28-29-18-24-26(31-28)35(19-7-6-8-19)23-10-5-4-9-21(23)27(36)33(24)2/h4-5,9-12,17-19H,6-8,13-16H2,1-3H3,(H,29,30,31). The molecule has 3 aromatic rings. The molecule has 37 heavy (non-hydrogen) atoms. The van der Waals surface area contributed by atoms with Gasteiger partial charge in [0.1, 0.15) is 11.4 Å². The molecule has 1 saturated heterocycles. The van der Waals surface area contributed by atoms with E-state index in [9.17, 15) is 4.79 Å². The third kappa shape index (κ3) is 4.23. The lowest BCUT2D eigenvalue weighted by Gasteiger charge is -2.38. The molecule has 1 N–H and O–H groups in total. The number of carbonyl (C=O) groups is 1. The largest absolute Gasteiger partial charge is 0.494 e. The highest BCUT2D eigenvalue weighted by molar-refractivity contribution is 6.13. The fourth-order valence-corrected chi connectivity index (χ4v) is 5.29. The second kappa shape index (κ2) is 9.55. The second-order valence-corrected chi connectivity index (χ2v) is 10.0. The highest BCUT2D eigenvalue weighted by Gasteiger charge is 2.36. The number of hydrogen-bond acceptors (Lipinski definition) is 8. The Balaban J connectivity index is 1.35. The van der Waals surface area contributed by atoms with Crippen LogP contribution in [0, 0.1) is 0 Å². The van der Waals surface area contributed by atoms with E-state index in [1.54, 1.807) is 25.3 Å². The van der Waals surface area contributed by atoms with Crippen LogP contribution >= 0.6 is 0 Å². The van der Waals surface area contributed by atoms with Crippen molar-refractivity contribution in [3.05, 3.63) is 54.2 Å². The van der Waals surface area contributed by atoms with E-state index in [0.717, 1.165) is 67.7 Å². The zero-order valence-corrected chi connectivity index (χ0v) is 21.6. The smallest absolute Gasteiger partial charge is 0.260 e. The van der Waals surface area contributed by atoms with Gasteiger partial charge >= 0.3 is 0 Å². The molecule has 0 radical (unpaired) electrons. The van der Waals surface area contributed by atoms with E-state index in [-0.39, 0.29) is 5.91 Å². The van der Waals surface area contributed by atoms with Crippen LogP contribution in [0.1, 0.15) is 29.6 Å². The number of likely N-dealkylation sites (N-methyl/N-ethyl adjacent to an activating group) is 1. The van der Waals surface area contributed by atoms with Crippen molar-refractivity contribution >= 4 is 40.4 Å². The van der Waals surface area contributed by atoms with Crippen LogP contribution in [0.3, 0.4) is 0 Å². The minimum Gasteiger partial charge on any atom is -0.494 e. The van der Waals surface area contributed by atoms with E-state index >= 15 is 0 Å². The number of anilines is 6. The molecule has 9 nitrogen and oxygen atoms in total. The first-order chi connectivity index (χ1) is 18.0. The maximum atomic E-state index is 13.3. The van der Waals surface area contributed by atoms with Crippen LogP contribution in [0.2, 0.25) is 0 Å². The Morgan fingerprint density at radius 2 is 1.78 bits per heavy atom. The average Bonchev–Trinajstić information content (AvgIpc) is 2.98. The molecule has 0 spiro atoms. The number of piperazine rings is 1. The van der Waals surface area contributed by atoms with Crippen molar-refractivity contribution in [3.8, 4) is 5.75 Å². The van der Waals surface area contributed by atoms with Gasteiger partial charge in [0.25, 0.3) is 5.91 Å². The maximum absolute atomic E-state index is 13.3. The van der Waals surface area contributed by atoms with Gasteiger partial charge < -0.3 is 29.7 Å². The number of fused-ring (bicyclic) bond motifs is 2. The number of aromatic nitrogens is 2. The fraction of sp³-hybridized carbons (Fsp3) is 0.393. The second-order valence-electron chi connectivity index (χ2n) is 10.0. The Kier molecular flexibility index (Phi) is 6.08. The number of benzene rings is 2. The number of methoxy groups -OCH3 is 1. The van der Waals surface area contributed by atoms with Crippen LogP contribution in [0.5, 0.6) is 5.75 Å². The van der Waals surface area contributed by atoms with Gasteiger partial charge in [-0.1, -0.05) is 12.1 Å². The molecular weight excluding hydrogens is 466 g/mol. The van der Waals surface area contributed by atoms with Crippen molar-refractivity contribution in [2.45, 2.75) is 25.3 Å². The van der Waals surface area contributed by atoms with Crippen molar-refractivity contribution in [2.75, 3.05) is 67.4 Å². The third-order valence-corrected chi connectivity index (χ3v) is 7.78. The summed E-state index contributed by atoms with van der Waals surface area (Å²) in [5.74, 6) is 1.90. The topological polar surface area (TPSA) is 77.1 Å². The van der Waals surface area contributed by atoms with Crippen LogP contribution in [0.25, 0.3) is 0 Å². The predicted molar refractivity (Wildman–Crippen MR) is 147 cm³/mol. The van der Waals surface area contributed by atoms with Crippen molar-refractivity contribution in [3.63, 3.8) is 0 Å². The molecule has 2 aliphatic heterocycles. The number of rotatable bonds is 5. The Bertz CT molecular complexity index is 1320. The van der Waals surface area contributed by atoms with E-state index in [0.29, 0.717) is 23.2 Å². The SMILES string of the molecule is COc1cc(N2CCN(C)CC2)ccc1Nc1ncc2c(n1)N(C1CCC1)c1ccccc1C(=O)N2C. The molecule has 6 rings (SSSR count). The molecule has 0 bridgehead atoms. The van der Waals surface area contributed by atoms with Gasteiger partial charge in [0.2, 0.25) is 5.95 Å². The Hall–Kier alpha value is -3.85. The fourth-order valence-electron chi connectivity index (χ4n) is 5.29. The van der Waals surface area contributed by atoms with Gasteiger partial charge in [0.05, 0.1) is 30.2 Å². The summed E-state index contributed by atoms with van der Waals surface area (Å²) in [5.41, 5.74) is 4.24. The summed E-state index contributed by atoms with van der Waals surface area (Å²) in [4.78, 5) is 31.5. The molecule has 1 aliphatic carbocycles. The molecule has 0 atom stereocenters. The predicted octanol–water partition coefficient (Wildman–Crippen LogP) is 4.26. The van der Waals surface area contributed by atoms with E-state index in [1.807, 2.05) is 30.3 Å². The van der Waals surface area contributed by atoms with Crippen LogP contribution in [-0.2, 0) is 0 Å². The van der Waals surface area contributed by atoms with E-state index in [4.69, 9.17) is 9.72 Å². The molecular formula is C28H33N7O2. The number of amides is 1. The van der Waals surface area contributed by atoms with Gasteiger partial charge in [-0.2, -0.15) is 4.98 Å². The minimum atomic E-state index is -0.0517. The molecule has 3 aliphatic rings. The summed E-state index contributed by atoms with van der Waals surface area (Å²) in [5, 5.41) is 3.37. The number of nitrogens with zero attached hydrogens (tertiary/aromatic N) is 6. The zero-order valence-electron chi connectivity index (χ0n) is 21.6. The number of nitrogens with one attached hydrogen (secondary N) is 1. The zero-order chi connectivity index (χ0) is 25.5. The summed E-state index contributed by atoms with van der Waals surface area (Å²) in [6.07, 6.45) is 5.06. The number of para-hydroxylation sites is 1. The highest BCUT2D eigenvalue weighted by Crippen LogP contribution is 2.44. The van der Waals surface area contributed by atoms with Gasteiger partial charge in [-0.15, -0.1) is 0 Å². The number of carbonyl (C=O) groups excluding carboxylic acids is 1. The van der Waals surface area contributed by atoms with Crippen LogP contribution < -0.4 is 24.8 Å². The normalized spacial score (nSPS) is 18.1. The van der Waals surface area contributed by atoms with Gasteiger partial charge in [0.15, 0.2) is 5.82 Å².